The van der Waals surface area contributed by atoms with Crippen LogP contribution >= 0.6 is 0 Å². The van der Waals surface area contributed by atoms with Gasteiger partial charge in [0.1, 0.15) is 11.6 Å². The number of rotatable bonds is 3. The maximum atomic E-state index is 13.5. The number of anilines is 3. The van der Waals surface area contributed by atoms with E-state index in [-0.39, 0.29) is 17.3 Å². The van der Waals surface area contributed by atoms with Crippen molar-refractivity contribution in [3.8, 4) is 0 Å². The number of carbonyl (C=O) groups is 1. The van der Waals surface area contributed by atoms with Crippen molar-refractivity contribution >= 4 is 23.0 Å². The molecule has 20 heavy (non-hydrogen) atoms. The predicted molar refractivity (Wildman–Crippen MR) is 73.9 cm³/mol. The predicted octanol–water partition coefficient (Wildman–Crippen LogP) is 2.65. The molecule has 0 aliphatic rings. The van der Waals surface area contributed by atoms with Crippen LogP contribution in [0.2, 0.25) is 0 Å². The molecule has 1 amide bonds. The number of hydrogen-bond donors (Lipinski definition) is 3. The number of amides is 1. The van der Waals surface area contributed by atoms with E-state index in [1.165, 1.54) is 19.2 Å². The van der Waals surface area contributed by atoms with Crippen molar-refractivity contribution in [2.24, 2.45) is 0 Å². The Kier molecular flexibility index (Phi) is 3.84. The molecule has 0 aromatic heterocycles. The first kappa shape index (κ1) is 13.8. The second kappa shape index (κ2) is 5.56. The van der Waals surface area contributed by atoms with E-state index in [1.807, 2.05) is 0 Å². The molecule has 0 fully saturated rings. The Bertz CT molecular complexity index is 659. The zero-order valence-electron chi connectivity index (χ0n) is 10.7. The molecule has 0 aliphatic heterocycles. The average Bonchev–Trinajstić information content (AvgIpc) is 2.42. The maximum absolute atomic E-state index is 13.5. The Morgan fingerprint density at radius 2 is 1.80 bits per heavy atom. The molecule has 104 valence electrons. The summed E-state index contributed by atoms with van der Waals surface area (Å²) >= 11 is 0. The van der Waals surface area contributed by atoms with Crippen LogP contribution in [0.5, 0.6) is 0 Å². The van der Waals surface area contributed by atoms with Crippen LogP contribution in [0.4, 0.5) is 25.8 Å². The van der Waals surface area contributed by atoms with Crippen molar-refractivity contribution in [2.75, 3.05) is 18.1 Å². The van der Waals surface area contributed by atoms with Crippen LogP contribution in [-0.2, 0) is 0 Å². The van der Waals surface area contributed by atoms with Crippen molar-refractivity contribution in [2.45, 2.75) is 0 Å². The van der Waals surface area contributed by atoms with Gasteiger partial charge in [-0.15, -0.1) is 0 Å². The topological polar surface area (TPSA) is 67.2 Å². The van der Waals surface area contributed by atoms with E-state index in [9.17, 15) is 13.6 Å². The van der Waals surface area contributed by atoms with Crippen LogP contribution in [0.15, 0.2) is 36.4 Å². The molecule has 2 rings (SSSR count). The molecule has 0 saturated heterocycles. The first-order valence-corrected chi connectivity index (χ1v) is 5.85. The molecular weight excluding hydrogens is 264 g/mol. The van der Waals surface area contributed by atoms with Crippen LogP contribution in [0.3, 0.4) is 0 Å². The van der Waals surface area contributed by atoms with E-state index in [0.29, 0.717) is 11.3 Å². The molecule has 0 radical (unpaired) electrons. The summed E-state index contributed by atoms with van der Waals surface area (Å²) in [6.07, 6.45) is 0. The van der Waals surface area contributed by atoms with E-state index in [4.69, 9.17) is 5.73 Å². The molecule has 0 unspecified atom stereocenters. The van der Waals surface area contributed by atoms with Crippen molar-refractivity contribution < 1.29 is 13.6 Å². The van der Waals surface area contributed by atoms with Gasteiger partial charge in [-0.25, -0.2) is 8.78 Å². The number of nitrogens with one attached hydrogen (secondary N) is 2. The van der Waals surface area contributed by atoms with Crippen LogP contribution in [0.1, 0.15) is 10.4 Å². The van der Waals surface area contributed by atoms with Gasteiger partial charge in [-0.05, 0) is 30.3 Å². The highest BCUT2D eigenvalue weighted by Crippen LogP contribution is 2.26. The highest BCUT2D eigenvalue weighted by Gasteiger charge is 2.09. The Labute approximate surface area is 114 Å². The van der Waals surface area contributed by atoms with Crippen LogP contribution in [0, 0.1) is 11.6 Å². The third-order valence-corrected chi connectivity index (χ3v) is 2.74. The molecule has 0 saturated carbocycles. The van der Waals surface area contributed by atoms with Crippen molar-refractivity contribution in [3.63, 3.8) is 0 Å². The molecule has 0 spiro atoms. The van der Waals surface area contributed by atoms with E-state index in [0.717, 1.165) is 12.1 Å². The summed E-state index contributed by atoms with van der Waals surface area (Å²) in [6, 6.07) is 7.78. The molecule has 6 heteroatoms. The summed E-state index contributed by atoms with van der Waals surface area (Å²) in [6.45, 7) is 0. The van der Waals surface area contributed by atoms with E-state index in [1.54, 1.807) is 12.1 Å². The van der Waals surface area contributed by atoms with Gasteiger partial charge in [0.2, 0.25) is 0 Å². The number of nitrogen functional groups attached to an aromatic ring is 1. The lowest BCUT2D eigenvalue weighted by atomic mass is 10.1. The van der Waals surface area contributed by atoms with Crippen LogP contribution < -0.4 is 16.4 Å². The lowest BCUT2D eigenvalue weighted by molar-refractivity contribution is 0.0963. The lowest BCUT2D eigenvalue weighted by Gasteiger charge is -2.11. The smallest absolute Gasteiger partial charge is 0.251 e. The zero-order valence-corrected chi connectivity index (χ0v) is 10.7. The van der Waals surface area contributed by atoms with Crippen LogP contribution in [0.25, 0.3) is 0 Å². The second-order valence-corrected chi connectivity index (χ2v) is 4.13. The standard InChI is InChI=1S/C14H13F2N3O/c1-18-14(20)8-2-4-13(11(17)6-8)19-12-5-3-9(15)7-10(12)16/h2-7,19H,17H2,1H3,(H,18,20). The molecule has 4 nitrogen and oxygen atoms in total. The molecule has 0 bridgehead atoms. The monoisotopic (exact) mass is 277 g/mol. The van der Waals surface area contributed by atoms with Gasteiger partial charge in [-0.3, -0.25) is 4.79 Å². The van der Waals surface area contributed by atoms with Gasteiger partial charge in [-0.2, -0.15) is 0 Å². The second-order valence-electron chi connectivity index (χ2n) is 4.13. The molecule has 2 aromatic rings. The summed E-state index contributed by atoms with van der Waals surface area (Å²) in [4.78, 5) is 11.4. The summed E-state index contributed by atoms with van der Waals surface area (Å²) in [5, 5.41) is 5.23. The van der Waals surface area contributed by atoms with Gasteiger partial charge in [-0.1, -0.05) is 0 Å². The molecule has 2 aromatic carbocycles. The highest BCUT2D eigenvalue weighted by atomic mass is 19.1. The SMILES string of the molecule is CNC(=O)c1ccc(Nc2ccc(F)cc2F)c(N)c1. The summed E-state index contributed by atoms with van der Waals surface area (Å²) in [5.74, 6) is -1.65. The molecule has 4 N–H and O–H groups in total. The zero-order chi connectivity index (χ0) is 14.7. The van der Waals surface area contributed by atoms with Gasteiger partial charge < -0.3 is 16.4 Å². The van der Waals surface area contributed by atoms with Crippen molar-refractivity contribution in [1.82, 2.24) is 5.32 Å². The van der Waals surface area contributed by atoms with Gasteiger partial charge in [0, 0.05) is 18.7 Å². The molecular formula is C14H13F2N3O. The average molecular weight is 277 g/mol. The van der Waals surface area contributed by atoms with Crippen LogP contribution in [-0.4, -0.2) is 13.0 Å². The first-order chi connectivity index (χ1) is 9.51. The summed E-state index contributed by atoms with van der Waals surface area (Å²) < 4.78 is 26.3. The third kappa shape index (κ3) is 2.85. The summed E-state index contributed by atoms with van der Waals surface area (Å²) in [5.41, 5.74) is 7.02. The fraction of sp³-hybridized carbons (Fsp3) is 0.0714. The number of carbonyl (C=O) groups excluding carboxylic acids is 1. The van der Waals surface area contributed by atoms with Crippen molar-refractivity contribution in [3.05, 3.63) is 53.6 Å². The van der Waals surface area contributed by atoms with Crippen molar-refractivity contribution in [1.29, 1.82) is 0 Å². The lowest BCUT2D eigenvalue weighted by Crippen LogP contribution is -2.18. The van der Waals surface area contributed by atoms with E-state index in [2.05, 4.69) is 10.6 Å². The van der Waals surface area contributed by atoms with Gasteiger partial charge in [0.05, 0.1) is 17.1 Å². The third-order valence-electron chi connectivity index (χ3n) is 2.74. The first-order valence-electron chi connectivity index (χ1n) is 5.85. The number of hydrogen-bond acceptors (Lipinski definition) is 3. The number of nitrogens with two attached hydrogens (primary N) is 1. The minimum Gasteiger partial charge on any atom is -0.397 e. The Balaban J connectivity index is 2.28. The minimum absolute atomic E-state index is 0.103. The molecule has 0 atom stereocenters. The maximum Gasteiger partial charge on any atom is 0.251 e. The summed E-state index contributed by atoms with van der Waals surface area (Å²) in [7, 11) is 1.51. The largest absolute Gasteiger partial charge is 0.397 e. The molecule has 0 heterocycles. The van der Waals surface area contributed by atoms with Gasteiger partial charge in [0.25, 0.3) is 5.91 Å². The van der Waals surface area contributed by atoms with Gasteiger partial charge >= 0.3 is 0 Å². The normalized spacial score (nSPS) is 10.2. The number of halogens is 2. The Hall–Kier alpha value is -2.63. The van der Waals surface area contributed by atoms with E-state index >= 15 is 0 Å². The Morgan fingerprint density at radius 1 is 1.10 bits per heavy atom. The van der Waals surface area contributed by atoms with E-state index < -0.39 is 11.6 Å². The fourth-order valence-electron chi connectivity index (χ4n) is 1.70. The Morgan fingerprint density at radius 3 is 2.40 bits per heavy atom. The quantitative estimate of drug-likeness (QED) is 0.755. The highest BCUT2D eigenvalue weighted by molar-refractivity contribution is 5.96. The fourth-order valence-corrected chi connectivity index (χ4v) is 1.70. The minimum atomic E-state index is -0.722. The molecule has 0 aliphatic carbocycles. The van der Waals surface area contributed by atoms with Gasteiger partial charge in [0.15, 0.2) is 0 Å². The number of benzene rings is 2.